The number of sulfone groups is 1. The van der Waals surface area contributed by atoms with Crippen molar-refractivity contribution in [1.29, 1.82) is 0 Å². The molecule has 0 saturated carbocycles. The average molecular weight is 473 g/mol. The number of benzene rings is 3. The molecular formula is C23H24N2O5S2. The minimum Gasteiger partial charge on any atom is -0.346 e. The predicted molar refractivity (Wildman–Crippen MR) is 124 cm³/mol. The van der Waals surface area contributed by atoms with Gasteiger partial charge in [-0.05, 0) is 67.4 Å². The standard InChI is InChI=1S/C23H24N2O5S2/c1-16-15-19(11-14-22(16)25-32(29,30)21-7-5-4-6-8-21)23(26)24-17(2)18-9-12-20(13-10-18)31(3,27)28/h4-15,17,25H,1-3H3,(H,24,26). The van der Waals surface area contributed by atoms with E-state index in [9.17, 15) is 21.6 Å². The first-order valence-electron chi connectivity index (χ1n) is 9.77. The Morgan fingerprint density at radius 1 is 0.844 bits per heavy atom. The molecule has 0 aliphatic carbocycles. The van der Waals surface area contributed by atoms with Crippen LogP contribution < -0.4 is 10.0 Å². The van der Waals surface area contributed by atoms with Gasteiger partial charge in [-0.15, -0.1) is 0 Å². The van der Waals surface area contributed by atoms with Crippen molar-refractivity contribution < 1.29 is 21.6 Å². The van der Waals surface area contributed by atoms with Gasteiger partial charge in [0.2, 0.25) is 0 Å². The highest BCUT2D eigenvalue weighted by Crippen LogP contribution is 2.22. The molecular weight excluding hydrogens is 448 g/mol. The fraction of sp³-hybridized carbons (Fsp3) is 0.174. The molecule has 0 fully saturated rings. The number of amides is 1. The van der Waals surface area contributed by atoms with Crippen LogP contribution >= 0.6 is 0 Å². The zero-order valence-corrected chi connectivity index (χ0v) is 19.5. The van der Waals surface area contributed by atoms with Gasteiger partial charge in [0.15, 0.2) is 9.84 Å². The Kier molecular flexibility index (Phi) is 6.71. The summed E-state index contributed by atoms with van der Waals surface area (Å²) in [6, 6.07) is 18.7. The molecule has 0 bridgehead atoms. The van der Waals surface area contributed by atoms with Gasteiger partial charge in [0, 0.05) is 11.8 Å². The lowest BCUT2D eigenvalue weighted by atomic mass is 10.1. The number of aryl methyl sites for hydroxylation is 1. The third-order valence-corrected chi connectivity index (χ3v) is 7.45. The van der Waals surface area contributed by atoms with Gasteiger partial charge < -0.3 is 5.32 Å². The predicted octanol–water partition coefficient (Wildman–Crippen LogP) is 3.69. The molecule has 0 saturated heterocycles. The van der Waals surface area contributed by atoms with E-state index in [-0.39, 0.29) is 21.7 Å². The molecule has 168 valence electrons. The van der Waals surface area contributed by atoms with Crippen molar-refractivity contribution in [3.63, 3.8) is 0 Å². The second-order valence-electron chi connectivity index (χ2n) is 7.48. The Labute approximate surface area is 188 Å². The number of rotatable bonds is 7. The summed E-state index contributed by atoms with van der Waals surface area (Å²) in [7, 11) is -7.02. The molecule has 7 nitrogen and oxygen atoms in total. The van der Waals surface area contributed by atoms with Crippen LogP contribution in [0.1, 0.15) is 34.5 Å². The van der Waals surface area contributed by atoms with Gasteiger partial charge in [0.25, 0.3) is 15.9 Å². The van der Waals surface area contributed by atoms with Crippen LogP contribution in [0, 0.1) is 6.92 Å². The van der Waals surface area contributed by atoms with Gasteiger partial charge in [-0.1, -0.05) is 30.3 Å². The molecule has 0 radical (unpaired) electrons. The van der Waals surface area contributed by atoms with Crippen LogP contribution in [0.3, 0.4) is 0 Å². The summed E-state index contributed by atoms with van der Waals surface area (Å²) in [5.74, 6) is -0.328. The molecule has 9 heteroatoms. The van der Waals surface area contributed by atoms with Crippen LogP contribution in [0.5, 0.6) is 0 Å². The molecule has 0 heterocycles. The van der Waals surface area contributed by atoms with Gasteiger partial charge in [-0.25, -0.2) is 16.8 Å². The van der Waals surface area contributed by atoms with E-state index in [0.29, 0.717) is 16.8 Å². The summed E-state index contributed by atoms with van der Waals surface area (Å²) >= 11 is 0. The number of nitrogens with one attached hydrogen (secondary N) is 2. The summed E-state index contributed by atoms with van der Waals surface area (Å²) in [5, 5.41) is 2.86. The molecule has 2 N–H and O–H groups in total. The quantitative estimate of drug-likeness (QED) is 0.545. The highest BCUT2D eigenvalue weighted by Gasteiger charge is 2.17. The van der Waals surface area contributed by atoms with Gasteiger partial charge >= 0.3 is 0 Å². The van der Waals surface area contributed by atoms with E-state index in [1.807, 2.05) is 0 Å². The Morgan fingerprint density at radius 3 is 2.03 bits per heavy atom. The Balaban J connectivity index is 1.72. The van der Waals surface area contributed by atoms with Gasteiger partial charge in [0.1, 0.15) is 0 Å². The average Bonchev–Trinajstić information content (AvgIpc) is 2.75. The van der Waals surface area contributed by atoms with Crippen LogP contribution in [-0.2, 0) is 19.9 Å². The van der Waals surface area contributed by atoms with Crippen molar-refractivity contribution in [2.45, 2.75) is 29.7 Å². The number of hydrogen-bond donors (Lipinski definition) is 2. The molecule has 3 rings (SSSR count). The summed E-state index contributed by atoms with van der Waals surface area (Å²) in [6.45, 7) is 3.51. The van der Waals surface area contributed by atoms with Gasteiger partial charge in [0.05, 0.1) is 21.5 Å². The topological polar surface area (TPSA) is 109 Å². The van der Waals surface area contributed by atoms with E-state index in [1.54, 1.807) is 62.4 Å². The third kappa shape index (κ3) is 5.54. The van der Waals surface area contributed by atoms with Crippen molar-refractivity contribution in [2.24, 2.45) is 0 Å². The third-order valence-electron chi connectivity index (χ3n) is 4.94. The SMILES string of the molecule is Cc1cc(C(=O)NC(C)c2ccc(S(C)(=O)=O)cc2)ccc1NS(=O)(=O)c1ccccc1. The number of sulfonamides is 1. The molecule has 0 aliphatic heterocycles. The zero-order chi connectivity index (χ0) is 23.5. The lowest BCUT2D eigenvalue weighted by molar-refractivity contribution is 0.0939. The van der Waals surface area contributed by atoms with E-state index in [0.717, 1.165) is 11.8 Å². The smallest absolute Gasteiger partial charge is 0.261 e. The van der Waals surface area contributed by atoms with Crippen LogP contribution in [0.2, 0.25) is 0 Å². The maximum absolute atomic E-state index is 12.7. The monoisotopic (exact) mass is 472 g/mol. The van der Waals surface area contributed by atoms with Crippen molar-refractivity contribution in [1.82, 2.24) is 5.32 Å². The number of carbonyl (C=O) groups is 1. The first kappa shape index (κ1) is 23.5. The number of hydrogen-bond acceptors (Lipinski definition) is 5. The first-order valence-corrected chi connectivity index (χ1v) is 13.1. The molecule has 32 heavy (non-hydrogen) atoms. The lowest BCUT2D eigenvalue weighted by Crippen LogP contribution is -2.26. The highest BCUT2D eigenvalue weighted by molar-refractivity contribution is 7.92. The van der Waals surface area contributed by atoms with Gasteiger partial charge in [-0.3, -0.25) is 9.52 Å². The fourth-order valence-corrected chi connectivity index (χ4v) is 4.87. The fourth-order valence-electron chi connectivity index (χ4n) is 3.09. The van der Waals surface area contributed by atoms with Crippen LogP contribution in [0.15, 0.2) is 82.6 Å². The maximum Gasteiger partial charge on any atom is 0.261 e. The Bertz CT molecular complexity index is 1330. The Hall–Kier alpha value is -3.17. The van der Waals surface area contributed by atoms with Crippen molar-refractivity contribution in [2.75, 3.05) is 11.0 Å². The van der Waals surface area contributed by atoms with Crippen molar-refractivity contribution in [3.05, 3.63) is 89.5 Å². The van der Waals surface area contributed by atoms with Crippen molar-refractivity contribution in [3.8, 4) is 0 Å². The molecule has 0 aromatic heterocycles. The largest absolute Gasteiger partial charge is 0.346 e. The zero-order valence-electron chi connectivity index (χ0n) is 17.9. The van der Waals surface area contributed by atoms with Crippen molar-refractivity contribution >= 4 is 31.5 Å². The van der Waals surface area contributed by atoms with E-state index >= 15 is 0 Å². The van der Waals surface area contributed by atoms with Gasteiger partial charge in [-0.2, -0.15) is 0 Å². The summed E-state index contributed by atoms with van der Waals surface area (Å²) in [4.78, 5) is 13.0. The van der Waals surface area contributed by atoms with Crippen LogP contribution in [0.4, 0.5) is 5.69 Å². The Morgan fingerprint density at radius 2 is 1.47 bits per heavy atom. The second kappa shape index (κ2) is 9.13. The van der Waals surface area contributed by atoms with E-state index < -0.39 is 19.9 Å². The van der Waals surface area contributed by atoms with Crippen LogP contribution in [0.25, 0.3) is 0 Å². The summed E-state index contributed by atoms with van der Waals surface area (Å²) in [6.07, 6.45) is 1.14. The summed E-state index contributed by atoms with van der Waals surface area (Å²) in [5.41, 5.74) is 2.12. The number of anilines is 1. The first-order chi connectivity index (χ1) is 15.0. The minimum atomic E-state index is -3.73. The van der Waals surface area contributed by atoms with E-state index in [4.69, 9.17) is 0 Å². The molecule has 0 aliphatic rings. The molecule has 3 aromatic rings. The minimum absolute atomic E-state index is 0.150. The number of carbonyl (C=O) groups excluding carboxylic acids is 1. The van der Waals surface area contributed by atoms with E-state index in [1.165, 1.54) is 24.3 Å². The molecule has 1 unspecified atom stereocenters. The normalized spacial score (nSPS) is 12.7. The van der Waals surface area contributed by atoms with Crippen LogP contribution in [-0.4, -0.2) is 29.0 Å². The molecule has 1 amide bonds. The second-order valence-corrected chi connectivity index (χ2v) is 11.2. The molecule has 1 atom stereocenters. The molecule has 0 spiro atoms. The lowest BCUT2D eigenvalue weighted by Gasteiger charge is -2.16. The van der Waals surface area contributed by atoms with E-state index in [2.05, 4.69) is 10.0 Å². The highest BCUT2D eigenvalue weighted by atomic mass is 32.2. The maximum atomic E-state index is 12.7. The molecule has 3 aromatic carbocycles. The summed E-state index contributed by atoms with van der Waals surface area (Å²) < 4.78 is 50.8.